The lowest BCUT2D eigenvalue weighted by molar-refractivity contribution is -0.134. The van der Waals surface area contributed by atoms with E-state index in [1.165, 1.54) is 23.5 Å². The van der Waals surface area contributed by atoms with E-state index >= 15 is 0 Å². The summed E-state index contributed by atoms with van der Waals surface area (Å²) in [5.41, 5.74) is 2.27. The molecule has 0 radical (unpaired) electrons. The van der Waals surface area contributed by atoms with Crippen LogP contribution in [0.25, 0.3) is 10.8 Å². The second kappa shape index (κ2) is 14.1. The number of nitrogens with one attached hydrogen (secondary N) is 1. The maximum absolute atomic E-state index is 13.0. The number of carbonyl (C=O) groups is 3. The number of hydrogen-bond acceptors (Lipinski definition) is 8. The van der Waals surface area contributed by atoms with E-state index in [1.54, 1.807) is 0 Å². The van der Waals surface area contributed by atoms with Crippen LogP contribution in [0.3, 0.4) is 0 Å². The SMILES string of the molecule is Cc1csc(-c2nc(C(=O)NCCC3CCN(Cc4ccc(F)cc4)CC3)no2)c1.O=C(O)C=CC(=O)O. The van der Waals surface area contributed by atoms with Crippen LogP contribution in [0.15, 0.2) is 52.4 Å². The zero-order chi connectivity index (χ0) is 27.5. The number of aliphatic carboxylic acids is 2. The zero-order valence-corrected chi connectivity index (χ0v) is 21.6. The van der Waals surface area contributed by atoms with Crippen LogP contribution in [0, 0.1) is 18.7 Å². The van der Waals surface area contributed by atoms with Gasteiger partial charge in [0, 0.05) is 25.2 Å². The largest absolute Gasteiger partial charge is 0.478 e. The first kappa shape index (κ1) is 28.7. The lowest BCUT2D eigenvalue weighted by atomic mass is 9.93. The Labute approximate surface area is 222 Å². The van der Waals surface area contributed by atoms with Gasteiger partial charge in [0.05, 0.1) is 4.88 Å². The highest BCUT2D eigenvalue weighted by Gasteiger charge is 2.20. The third kappa shape index (κ3) is 9.52. The second-order valence-electron chi connectivity index (χ2n) is 8.81. The maximum Gasteiger partial charge on any atom is 0.328 e. The van der Waals surface area contributed by atoms with Crippen LogP contribution in [0.1, 0.15) is 41.0 Å². The van der Waals surface area contributed by atoms with E-state index in [1.807, 2.05) is 30.5 Å². The summed E-state index contributed by atoms with van der Waals surface area (Å²) in [4.78, 5) is 38.9. The number of halogens is 1. The molecule has 202 valence electrons. The molecule has 1 aliphatic rings. The molecule has 3 heterocycles. The number of nitrogens with zero attached hydrogens (tertiary/aromatic N) is 3. The summed E-state index contributed by atoms with van der Waals surface area (Å²) in [6.07, 6.45) is 4.25. The normalized spacial score (nSPS) is 14.2. The highest BCUT2D eigenvalue weighted by atomic mass is 32.1. The van der Waals surface area contributed by atoms with Crippen LogP contribution in [-0.2, 0) is 16.1 Å². The molecule has 2 aromatic heterocycles. The van der Waals surface area contributed by atoms with E-state index < -0.39 is 11.9 Å². The molecule has 10 nitrogen and oxygen atoms in total. The summed E-state index contributed by atoms with van der Waals surface area (Å²) in [5.74, 6) is -1.97. The van der Waals surface area contributed by atoms with Gasteiger partial charge in [-0.15, -0.1) is 11.3 Å². The quantitative estimate of drug-likeness (QED) is 0.340. The third-order valence-electron chi connectivity index (χ3n) is 5.80. The second-order valence-corrected chi connectivity index (χ2v) is 9.72. The number of carboxylic acids is 2. The molecule has 1 saturated heterocycles. The number of piperidine rings is 1. The number of amides is 1. The fraction of sp³-hybridized carbons (Fsp3) is 0.346. The molecule has 12 heteroatoms. The van der Waals surface area contributed by atoms with Crippen LogP contribution in [-0.4, -0.2) is 62.7 Å². The molecular formula is C26H29FN4O6S. The van der Waals surface area contributed by atoms with E-state index in [2.05, 4.69) is 20.4 Å². The van der Waals surface area contributed by atoms with E-state index in [-0.39, 0.29) is 17.5 Å². The standard InChI is InChI=1S/C22H25FN4O2S.C4H4O4/c1-15-12-19(30-14-15)22-25-20(26-29-22)21(28)24-9-6-16-7-10-27(11-8-16)13-17-2-4-18(23)5-3-17;5-3(6)1-2-4(7)8/h2-5,12,14,16H,6-11,13H2,1H3,(H,24,28);1-2H,(H,5,6)(H,7,8). The molecule has 0 unspecified atom stereocenters. The summed E-state index contributed by atoms with van der Waals surface area (Å²) < 4.78 is 18.2. The fourth-order valence-corrected chi connectivity index (χ4v) is 4.67. The molecule has 1 aliphatic heterocycles. The third-order valence-corrected chi connectivity index (χ3v) is 6.84. The van der Waals surface area contributed by atoms with Crippen molar-refractivity contribution in [1.82, 2.24) is 20.4 Å². The van der Waals surface area contributed by atoms with Crippen LogP contribution >= 0.6 is 11.3 Å². The number of hydrogen-bond donors (Lipinski definition) is 3. The number of benzene rings is 1. The minimum Gasteiger partial charge on any atom is -0.478 e. The summed E-state index contributed by atoms with van der Waals surface area (Å²) in [5, 5.41) is 24.3. The van der Waals surface area contributed by atoms with Crippen molar-refractivity contribution in [3.63, 3.8) is 0 Å². The molecule has 38 heavy (non-hydrogen) atoms. The Morgan fingerprint density at radius 1 is 1.16 bits per heavy atom. The van der Waals surface area contributed by atoms with Gasteiger partial charge >= 0.3 is 11.9 Å². The van der Waals surface area contributed by atoms with Crippen LogP contribution in [0.4, 0.5) is 4.39 Å². The first-order chi connectivity index (χ1) is 18.2. The molecule has 3 aromatic rings. The van der Waals surface area contributed by atoms with E-state index in [4.69, 9.17) is 14.7 Å². The average Bonchev–Trinajstić information content (AvgIpc) is 3.55. The molecule has 1 fully saturated rings. The topological polar surface area (TPSA) is 146 Å². The number of thiophene rings is 1. The van der Waals surface area contributed by atoms with Gasteiger partial charge in [0.15, 0.2) is 0 Å². The average molecular weight is 545 g/mol. The summed E-state index contributed by atoms with van der Waals surface area (Å²) in [6, 6.07) is 8.68. The van der Waals surface area contributed by atoms with Crippen molar-refractivity contribution in [2.75, 3.05) is 19.6 Å². The van der Waals surface area contributed by atoms with Crippen molar-refractivity contribution in [2.24, 2.45) is 5.92 Å². The monoisotopic (exact) mass is 544 g/mol. The molecule has 0 bridgehead atoms. The van der Waals surface area contributed by atoms with Crippen molar-refractivity contribution in [3.05, 3.63) is 70.6 Å². The van der Waals surface area contributed by atoms with Crippen molar-refractivity contribution in [2.45, 2.75) is 32.7 Å². The number of aromatic nitrogens is 2. The Morgan fingerprint density at radius 3 is 2.39 bits per heavy atom. The van der Waals surface area contributed by atoms with Gasteiger partial charge in [-0.2, -0.15) is 4.98 Å². The molecule has 1 aromatic carbocycles. The molecule has 1 amide bonds. The van der Waals surface area contributed by atoms with Gasteiger partial charge in [-0.1, -0.05) is 17.3 Å². The molecule has 0 spiro atoms. The highest BCUT2D eigenvalue weighted by molar-refractivity contribution is 7.13. The number of rotatable bonds is 9. The predicted molar refractivity (Wildman–Crippen MR) is 138 cm³/mol. The first-order valence-electron chi connectivity index (χ1n) is 12.0. The maximum atomic E-state index is 13.0. The molecule has 0 saturated carbocycles. The number of carboxylic acid groups (broad SMARTS) is 2. The molecule has 4 rings (SSSR count). The van der Waals surface area contributed by atoms with Crippen LogP contribution in [0.2, 0.25) is 0 Å². The lowest BCUT2D eigenvalue weighted by Gasteiger charge is -2.32. The van der Waals surface area contributed by atoms with Gasteiger partial charge < -0.3 is 20.1 Å². The number of likely N-dealkylation sites (tertiary alicyclic amines) is 1. The Balaban J connectivity index is 0.000000436. The summed E-state index contributed by atoms with van der Waals surface area (Å²) in [6.45, 7) is 5.49. The minimum atomic E-state index is -1.26. The molecule has 0 atom stereocenters. The van der Waals surface area contributed by atoms with Crippen molar-refractivity contribution < 1.29 is 33.5 Å². The zero-order valence-electron chi connectivity index (χ0n) is 20.8. The summed E-state index contributed by atoms with van der Waals surface area (Å²) >= 11 is 1.52. The van der Waals surface area contributed by atoms with Crippen LogP contribution < -0.4 is 5.32 Å². The first-order valence-corrected chi connectivity index (χ1v) is 12.9. The smallest absolute Gasteiger partial charge is 0.328 e. The molecule has 0 aliphatic carbocycles. The number of carbonyl (C=O) groups excluding carboxylic acids is 1. The Bertz CT molecular complexity index is 1230. The van der Waals surface area contributed by atoms with Crippen molar-refractivity contribution in [1.29, 1.82) is 0 Å². The fourth-order valence-electron chi connectivity index (χ4n) is 3.85. The Morgan fingerprint density at radius 2 is 1.82 bits per heavy atom. The molecular weight excluding hydrogens is 515 g/mol. The Hall–Kier alpha value is -3.90. The van der Waals surface area contributed by atoms with Gasteiger partial charge in [-0.05, 0) is 79.9 Å². The van der Waals surface area contributed by atoms with Crippen molar-refractivity contribution in [3.8, 4) is 10.8 Å². The van der Waals surface area contributed by atoms with Gasteiger partial charge in [-0.3, -0.25) is 9.69 Å². The highest BCUT2D eigenvalue weighted by Crippen LogP contribution is 2.25. The van der Waals surface area contributed by atoms with Crippen molar-refractivity contribution >= 4 is 29.2 Å². The van der Waals surface area contributed by atoms with Gasteiger partial charge in [-0.25, -0.2) is 14.0 Å². The van der Waals surface area contributed by atoms with Gasteiger partial charge in [0.2, 0.25) is 0 Å². The van der Waals surface area contributed by atoms with Gasteiger partial charge in [0.1, 0.15) is 5.82 Å². The predicted octanol–water partition coefficient (Wildman–Crippen LogP) is 3.99. The Kier molecular flexibility index (Phi) is 10.7. The molecule has 3 N–H and O–H groups in total. The van der Waals surface area contributed by atoms with E-state index in [0.717, 1.165) is 54.9 Å². The van der Waals surface area contributed by atoms with E-state index in [9.17, 15) is 18.8 Å². The number of aryl methyl sites for hydroxylation is 1. The lowest BCUT2D eigenvalue weighted by Crippen LogP contribution is -2.35. The minimum absolute atomic E-state index is 0.0742. The van der Waals surface area contributed by atoms with E-state index in [0.29, 0.717) is 30.5 Å². The van der Waals surface area contributed by atoms with Gasteiger partial charge in [0.25, 0.3) is 17.6 Å². The summed E-state index contributed by atoms with van der Waals surface area (Å²) in [7, 11) is 0. The van der Waals surface area contributed by atoms with Crippen LogP contribution in [0.5, 0.6) is 0 Å².